The van der Waals surface area contributed by atoms with Gasteiger partial charge in [0.05, 0.1) is 24.8 Å². The van der Waals surface area contributed by atoms with Gasteiger partial charge in [-0.2, -0.15) is 0 Å². The van der Waals surface area contributed by atoms with Crippen molar-refractivity contribution >= 4 is 28.9 Å². The van der Waals surface area contributed by atoms with E-state index in [9.17, 15) is 9.59 Å². The number of benzene rings is 2. The van der Waals surface area contributed by atoms with Crippen LogP contribution in [0.4, 0.5) is 5.69 Å². The molecule has 1 amide bonds. The Kier molecular flexibility index (Phi) is 7.16. The van der Waals surface area contributed by atoms with Crippen LogP contribution in [0.2, 0.25) is 0 Å². The molecule has 0 radical (unpaired) electrons. The second kappa shape index (κ2) is 10.0. The normalized spacial score (nSPS) is 11.7. The first-order valence-electron chi connectivity index (χ1n) is 9.47. The van der Waals surface area contributed by atoms with E-state index in [-0.39, 0.29) is 24.5 Å². The zero-order valence-corrected chi connectivity index (χ0v) is 17.3. The topological polar surface area (TPSA) is 67.4 Å². The van der Waals surface area contributed by atoms with Crippen LogP contribution in [-0.2, 0) is 9.53 Å². The molecule has 29 heavy (non-hydrogen) atoms. The smallest absolute Gasteiger partial charge is 0.338 e. The predicted octanol–water partition coefficient (Wildman–Crippen LogP) is 4.55. The Bertz CT molecular complexity index is 935. The molecular formula is C23H24N2O3S. The zero-order chi connectivity index (χ0) is 20.6. The van der Waals surface area contributed by atoms with E-state index in [0.717, 1.165) is 10.4 Å². The third-order valence-corrected chi connectivity index (χ3v) is 5.32. The van der Waals surface area contributed by atoms with Gasteiger partial charge in [-0.1, -0.05) is 35.9 Å². The average Bonchev–Trinajstić information content (AvgIpc) is 3.25. The van der Waals surface area contributed by atoms with Crippen molar-refractivity contribution < 1.29 is 14.3 Å². The van der Waals surface area contributed by atoms with E-state index in [1.165, 1.54) is 5.56 Å². The van der Waals surface area contributed by atoms with Crippen LogP contribution >= 0.6 is 11.3 Å². The van der Waals surface area contributed by atoms with E-state index in [2.05, 4.69) is 47.9 Å². The Labute approximate surface area is 174 Å². The third-order valence-electron chi connectivity index (χ3n) is 4.38. The van der Waals surface area contributed by atoms with Crippen LogP contribution in [0, 0.1) is 6.92 Å². The molecule has 0 aliphatic carbocycles. The molecule has 0 fully saturated rings. The third kappa shape index (κ3) is 5.76. The molecule has 150 valence electrons. The molecule has 0 saturated heterocycles. The minimum atomic E-state index is -0.371. The molecule has 1 atom stereocenters. The van der Waals surface area contributed by atoms with Crippen LogP contribution in [0.15, 0.2) is 66.0 Å². The summed E-state index contributed by atoms with van der Waals surface area (Å²) in [6, 6.07) is 19.0. The fourth-order valence-electron chi connectivity index (χ4n) is 2.90. The molecule has 2 N–H and O–H groups in total. The summed E-state index contributed by atoms with van der Waals surface area (Å²) >= 11 is 1.66. The molecule has 0 unspecified atom stereocenters. The summed E-state index contributed by atoms with van der Waals surface area (Å²) in [6.45, 7) is 4.31. The number of aryl methyl sites for hydroxylation is 1. The molecule has 0 aliphatic heterocycles. The lowest BCUT2D eigenvalue weighted by Crippen LogP contribution is -2.31. The lowest BCUT2D eigenvalue weighted by molar-refractivity contribution is -0.115. The highest BCUT2D eigenvalue weighted by Crippen LogP contribution is 2.26. The van der Waals surface area contributed by atoms with Gasteiger partial charge in [-0.25, -0.2) is 4.79 Å². The molecule has 1 aromatic heterocycles. The van der Waals surface area contributed by atoms with Gasteiger partial charge in [0, 0.05) is 10.6 Å². The van der Waals surface area contributed by atoms with Gasteiger partial charge in [0.15, 0.2) is 0 Å². The molecule has 0 aliphatic rings. The van der Waals surface area contributed by atoms with Crippen molar-refractivity contribution in [3.05, 3.63) is 87.6 Å². The summed E-state index contributed by atoms with van der Waals surface area (Å²) in [7, 11) is 0. The second-order valence-electron chi connectivity index (χ2n) is 6.59. The first-order valence-corrected chi connectivity index (χ1v) is 10.3. The summed E-state index contributed by atoms with van der Waals surface area (Å²) in [5.41, 5.74) is 3.40. The van der Waals surface area contributed by atoms with E-state index in [1.54, 1.807) is 42.5 Å². The minimum Gasteiger partial charge on any atom is -0.462 e. The number of hydrogen-bond acceptors (Lipinski definition) is 5. The van der Waals surface area contributed by atoms with Gasteiger partial charge in [-0.3, -0.25) is 10.1 Å². The molecule has 1 heterocycles. The largest absolute Gasteiger partial charge is 0.462 e. The maximum Gasteiger partial charge on any atom is 0.338 e. The van der Waals surface area contributed by atoms with Gasteiger partial charge in [0.1, 0.15) is 0 Å². The SMILES string of the molecule is CCOC(=O)c1ccc(NC(=O)CN[C@H](c2ccc(C)cc2)c2cccs2)cc1. The summed E-state index contributed by atoms with van der Waals surface area (Å²) in [5, 5.41) is 8.23. The number of thiophene rings is 1. The number of nitrogens with one attached hydrogen (secondary N) is 2. The molecule has 0 spiro atoms. The first-order chi connectivity index (χ1) is 14.1. The Morgan fingerprint density at radius 3 is 2.38 bits per heavy atom. The molecular weight excluding hydrogens is 384 g/mol. The Morgan fingerprint density at radius 2 is 1.76 bits per heavy atom. The number of carbonyl (C=O) groups excluding carboxylic acids is 2. The lowest BCUT2D eigenvalue weighted by atomic mass is 10.0. The fourth-order valence-corrected chi connectivity index (χ4v) is 3.73. The number of amides is 1. The molecule has 6 heteroatoms. The molecule has 2 aromatic carbocycles. The van der Waals surface area contributed by atoms with Crippen molar-refractivity contribution in [3.63, 3.8) is 0 Å². The number of ether oxygens (including phenoxy) is 1. The highest BCUT2D eigenvalue weighted by Gasteiger charge is 2.16. The summed E-state index contributed by atoms with van der Waals surface area (Å²) in [4.78, 5) is 25.3. The van der Waals surface area contributed by atoms with Crippen molar-refractivity contribution in [1.29, 1.82) is 0 Å². The van der Waals surface area contributed by atoms with Gasteiger partial charge in [0.2, 0.25) is 5.91 Å². The van der Waals surface area contributed by atoms with Crippen LogP contribution in [0.5, 0.6) is 0 Å². The maximum absolute atomic E-state index is 12.4. The molecule has 5 nitrogen and oxygen atoms in total. The van der Waals surface area contributed by atoms with Gasteiger partial charge in [-0.15, -0.1) is 11.3 Å². The summed E-state index contributed by atoms with van der Waals surface area (Å²) in [5.74, 6) is -0.522. The second-order valence-corrected chi connectivity index (χ2v) is 7.57. The van der Waals surface area contributed by atoms with Crippen molar-refractivity contribution in [2.24, 2.45) is 0 Å². The number of esters is 1. The van der Waals surface area contributed by atoms with Crippen molar-refractivity contribution in [2.45, 2.75) is 19.9 Å². The Morgan fingerprint density at radius 1 is 1.03 bits per heavy atom. The van der Waals surface area contributed by atoms with Crippen LogP contribution < -0.4 is 10.6 Å². The highest BCUT2D eigenvalue weighted by atomic mass is 32.1. The van der Waals surface area contributed by atoms with Crippen LogP contribution in [0.25, 0.3) is 0 Å². The Hall–Kier alpha value is -2.96. The van der Waals surface area contributed by atoms with E-state index in [1.807, 2.05) is 11.4 Å². The van der Waals surface area contributed by atoms with Gasteiger partial charge < -0.3 is 10.1 Å². The highest BCUT2D eigenvalue weighted by molar-refractivity contribution is 7.10. The van der Waals surface area contributed by atoms with E-state index in [0.29, 0.717) is 17.9 Å². The molecule has 0 saturated carbocycles. The van der Waals surface area contributed by atoms with Crippen LogP contribution in [0.1, 0.15) is 39.3 Å². The predicted molar refractivity (Wildman–Crippen MR) is 116 cm³/mol. The lowest BCUT2D eigenvalue weighted by Gasteiger charge is -2.18. The van der Waals surface area contributed by atoms with E-state index < -0.39 is 0 Å². The number of anilines is 1. The fraction of sp³-hybridized carbons (Fsp3) is 0.217. The standard InChI is InChI=1S/C23H24N2O3S/c1-3-28-23(27)18-10-12-19(13-11-18)25-21(26)15-24-22(20-5-4-14-29-20)17-8-6-16(2)7-9-17/h4-14,22,24H,3,15H2,1-2H3,(H,25,26)/t22-/m1/s1. The monoisotopic (exact) mass is 408 g/mol. The summed E-state index contributed by atoms with van der Waals surface area (Å²) in [6.07, 6.45) is 0. The van der Waals surface area contributed by atoms with Crippen molar-refractivity contribution in [1.82, 2.24) is 5.32 Å². The number of hydrogen-bond donors (Lipinski definition) is 2. The van der Waals surface area contributed by atoms with Gasteiger partial charge in [-0.05, 0) is 55.1 Å². The molecule has 3 rings (SSSR count). The molecule has 0 bridgehead atoms. The van der Waals surface area contributed by atoms with Gasteiger partial charge in [0.25, 0.3) is 0 Å². The van der Waals surface area contributed by atoms with Crippen LogP contribution in [-0.4, -0.2) is 25.0 Å². The number of carbonyl (C=O) groups is 2. The number of rotatable bonds is 8. The quantitative estimate of drug-likeness (QED) is 0.537. The first kappa shape index (κ1) is 20.8. The van der Waals surface area contributed by atoms with E-state index in [4.69, 9.17) is 4.74 Å². The summed E-state index contributed by atoms with van der Waals surface area (Å²) < 4.78 is 4.96. The van der Waals surface area contributed by atoms with E-state index >= 15 is 0 Å². The van der Waals surface area contributed by atoms with Crippen molar-refractivity contribution in [2.75, 3.05) is 18.5 Å². The Balaban J connectivity index is 1.61. The minimum absolute atomic E-state index is 0.0486. The average molecular weight is 409 g/mol. The zero-order valence-electron chi connectivity index (χ0n) is 16.5. The van der Waals surface area contributed by atoms with Crippen LogP contribution in [0.3, 0.4) is 0 Å². The maximum atomic E-state index is 12.4. The van der Waals surface area contributed by atoms with Gasteiger partial charge >= 0.3 is 5.97 Å². The van der Waals surface area contributed by atoms with Crippen molar-refractivity contribution in [3.8, 4) is 0 Å². The molecule has 3 aromatic rings.